The number of nitrogens with one attached hydrogen (secondary N) is 1. The Bertz CT molecular complexity index is 297. The van der Waals surface area contributed by atoms with Crippen molar-refractivity contribution in [2.45, 2.75) is 0 Å². The summed E-state index contributed by atoms with van der Waals surface area (Å²) in [5.74, 6) is -2.22. The summed E-state index contributed by atoms with van der Waals surface area (Å²) in [5, 5.41) is 2.45. The highest BCUT2D eigenvalue weighted by Gasteiger charge is 2.61. The molecule has 3 nitrogen and oxygen atoms in total. The highest BCUT2D eigenvalue weighted by Crippen LogP contribution is 2.54. The van der Waals surface area contributed by atoms with E-state index in [0.29, 0.717) is 0 Å². The number of hydrogen-bond donors (Lipinski definition) is 1. The SMILES string of the molecule is CNC(=O)[C@H]1[C@@H]2C=C(F)C(=O)[C@@H]21. The van der Waals surface area contributed by atoms with Crippen molar-refractivity contribution < 1.29 is 14.0 Å². The molecule has 0 aromatic heterocycles. The van der Waals surface area contributed by atoms with E-state index in [1.807, 2.05) is 0 Å². The van der Waals surface area contributed by atoms with Gasteiger partial charge in [-0.1, -0.05) is 0 Å². The van der Waals surface area contributed by atoms with Crippen molar-refractivity contribution in [1.82, 2.24) is 5.32 Å². The molecule has 0 aromatic rings. The van der Waals surface area contributed by atoms with Crippen LogP contribution in [0.2, 0.25) is 0 Å². The van der Waals surface area contributed by atoms with Crippen LogP contribution in [-0.2, 0) is 9.59 Å². The third-order valence-electron chi connectivity index (χ3n) is 2.50. The first-order valence-electron chi connectivity index (χ1n) is 3.80. The van der Waals surface area contributed by atoms with Crippen molar-refractivity contribution in [3.8, 4) is 0 Å². The smallest absolute Gasteiger partial charge is 0.224 e. The quantitative estimate of drug-likeness (QED) is 0.602. The monoisotopic (exact) mass is 169 g/mol. The first-order chi connectivity index (χ1) is 5.66. The molecule has 0 bridgehead atoms. The van der Waals surface area contributed by atoms with Crippen LogP contribution in [0.15, 0.2) is 11.9 Å². The second kappa shape index (κ2) is 2.15. The molecule has 3 atom stereocenters. The Balaban J connectivity index is 2.14. The lowest BCUT2D eigenvalue weighted by atomic mass is 10.2. The van der Waals surface area contributed by atoms with Gasteiger partial charge in [0.25, 0.3) is 0 Å². The molecule has 2 rings (SSSR count). The zero-order valence-corrected chi connectivity index (χ0v) is 6.50. The maximum absolute atomic E-state index is 12.5. The number of hydrogen-bond acceptors (Lipinski definition) is 2. The average molecular weight is 169 g/mol. The van der Waals surface area contributed by atoms with Crippen LogP contribution in [0, 0.1) is 17.8 Å². The summed E-state index contributed by atoms with van der Waals surface area (Å²) in [6, 6.07) is 0. The van der Waals surface area contributed by atoms with E-state index in [1.54, 1.807) is 0 Å². The van der Waals surface area contributed by atoms with Crippen molar-refractivity contribution in [2.24, 2.45) is 17.8 Å². The summed E-state index contributed by atoms with van der Waals surface area (Å²) in [7, 11) is 1.51. The number of allylic oxidation sites excluding steroid dienone is 2. The molecule has 2 aliphatic rings. The van der Waals surface area contributed by atoms with E-state index >= 15 is 0 Å². The second-order valence-electron chi connectivity index (χ2n) is 3.12. The number of Topliss-reactive ketones (excluding diaryl/α,β-unsaturated/α-hetero) is 1. The molecule has 0 aromatic carbocycles. The first-order valence-corrected chi connectivity index (χ1v) is 3.80. The largest absolute Gasteiger partial charge is 0.359 e. The zero-order valence-electron chi connectivity index (χ0n) is 6.50. The average Bonchev–Trinajstić information content (AvgIpc) is 2.68. The Morgan fingerprint density at radius 1 is 1.67 bits per heavy atom. The predicted octanol–water partition coefficient (Wildman–Crippen LogP) is 0.0307. The van der Waals surface area contributed by atoms with E-state index in [0.717, 1.165) is 0 Å². The van der Waals surface area contributed by atoms with Gasteiger partial charge in [-0.3, -0.25) is 9.59 Å². The van der Waals surface area contributed by atoms with Gasteiger partial charge in [0.2, 0.25) is 5.91 Å². The van der Waals surface area contributed by atoms with Crippen LogP contribution in [0.3, 0.4) is 0 Å². The molecule has 0 radical (unpaired) electrons. The molecule has 0 saturated heterocycles. The summed E-state index contributed by atoms with van der Waals surface area (Å²) < 4.78 is 12.5. The van der Waals surface area contributed by atoms with Crippen LogP contribution >= 0.6 is 0 Å². The molecule has 0 spiro atoms. The Morgan fingerprint density at radius 3 is 2.75 bits per heavy atom. The number of ketones is 1. The molecule has 12 heavy (non-hydrogen) atoms. The first kappa shape index (κ1) is 7.46. The fraction of sp³-hybridized carbons (Fsp3) is 0.500. The predicted molar refractivity (Wildman–Crippen MR) is 38.7 cm³/mol. The Labute approximate surface area is 68.6 Å². The van der Waals surface area contributed by atoms with Crippen LogP contribution < -0.4 is 5.32 Å². The van der Waals surface area contributed by atoms with Gasteiger partial charge in [-0.15, -0.1) is 0 Å². The number of halogens is 1. The lowest BCUT2D eigenvalue weighted by Gasteiger charge is -1.97. The highest BCUT2D eigenvalue weighted by molar-refractivity contribution is 6.05. The van der Waals surface area contributed by atoms with Crippen LogP contribution in [0.4, 0.5) is 4.39 Å². The Morgan fingerprint density at radius 2 is 2.33 bits per heavy atom. The third-order valence-corrected chi connectivity index (χ3v) is 2.50. The number of carbonyl (C=O) groups excluding carboxylic acids is 2. The van der Waals surface area contributed by atoms with Gasteiger partial charge >= 0.3 is 0 Å². The van der Waals surface area contributed by atoms with Crippen molar-refractivity contribution in [1.29, 1.82) is 0 Å². The molecule has 0 heterocycles. The maximum atomic E-state index is 12.5. The molecule has 64 valence electrons. The van der Waals surface area contributed by atoms with Gasteiger partial charge in [0.05, 0.1) is 5.92 Å². The van der Waals surface area contributed by atoms with Crippen molar-refractivity contribution in [3.05, 3.63) is 11.9 Å². The number of carbonyl (C=O) groups is 2. The van der Waals surface area contributed by atoms with Gasteiger partial charge in [0, 0.05) is 18.9 Å². The summed E-state index contributed by atoms with van der Waals surface area (Å²) in [6.45, 7) is 0. The summed E-state index contributed by atoms with van der Waals surface area (Å²) in [4.78, 5) is 22.0. The topological polar surface area (TPSA) is 46.2 Å². The lowest BCUT2D eigenvalue weighted by molar-refractivity contribution is -0.125. The van der Waals surface area contributed by atoms with Crippen LogP contribution in [0.25, 0.3) is 0 Å². The van der Waals surface area contributed by atoms with Crippen LogP contribution in [0.5, 0.6) is 0 Å². The van der Waals surface area contributed by atoms with Gasteiger partial charge in [-0.05, 0) is 6.08 Å². The molecular weight excluding hydrogens is 161 g/mol. The van der Waals surface area contributed by atoms with Gasteiger partial charge in [0.1, 0.15) is 0 Å². The Kier molecular flexibility index (Phi) is 1.34. The molecule has 1 N–H and O–H groups in total. The fourth-order valence-electron chi connectivity index (χ4n) is 1.79. The number of fused-ring (bicyclic) bond motifs is 1. The lowest BCUT2D eigenvalue weighted by Crippen LogP contribution is -2.22. The van der Waals surface area contributed by atoms with Gasteiger partial charge < -0.3 is 5.32 Å². The zero-order chi connectivity index (χ0) is 8.88. The minimum Gasteiger partial charge on any atom is -0.359 e. The van der Waals surface area contributed by atoms with Gasteiger partial charge in [0.15, 0.2) is 11.6 Å². The van der Waals surface area contributed by atoms with Gasteiger partial charge in [-0.2, -0.15) is 0 Å². The molecule has 0 unspecified atom stereocenters. The van der Waals surface area contributed by atoms with Crippen molar-refractivity contribution in [2.75, 3.05) is 7.05 Å². The second-order valence-corrected chi connectivity index (χ2v) is 3.12. The normalized spacial score (nSPS) is 37.3. The maximum Gasteiger partial charge on any atom is 0.224 e. The van der Waals surface area contributed by atoms with Crippen LogP contribution in [-0.4, -0.2) is 18.7 Å². The summed E-state index contributed by atoms with van der Waals surface area (Å²) >= 11 is 0. The van der Waals surface area contributed by atoms with Gasteiger partial charge in [-0.25, -0.2) is 4.39 Å². The third kappa shape index (κ3) is 0.748. The summed E-state index contributed by atoms with van der Waals surface area (Å²) in [6.07, 6.45) is 1.26. The standard InChI is InChI=1S/C8H8FNO2/c1-10-8(12)6-3-2-4(9)7(11)5(3)6/h2-3,5-6H,1H3,(H,10,12)/t3-,5+,6+/m1/s1. The van der Waals surface area contributed by atoms with E-state index in [9.17, 15) is 14.0 Å². The molecule has 0 aliphatic heterocycles. The summed E-state index contributed by atoms with van der Waals surface area (Å²) in [5.41, 5.74) is 0. The number of rotatable bonds is 1. The molecule has 1 fully saturated rings. The minimum absolute atomic E-state index is 0.165. The molecule has 1 saturated carbocycles. The highest BCUT2D eigenvalue weighted by atomic mass is 19.1. The van der Waals surface area contributed by atoms with Crippen molar-refractivity contribution >= 4 is 11.7 Å². The van der Waals surface area contributed by atoms with Crippen molar-refractivity contribution in [3.63, 3.8) is 0 Å². The fourth-order valence-corrected chi connectivity index (χ4v) is 1.79. The van der Waals surface area contributed by atoms with E-state index < -0.39 is 17.5 Å². The van der Waals surface area contributed by atoms with Crippen LogP contribution in [0.1, 0.15) is 0 Å². The number of amides is 1. The van der Waals surface area contributed by atoms with E-state index in [1.165, 1.54) is 13.1 Å². The molecule has 1 amide bonds. The van der Waals surface area contributed by atoms with E-state index in [4.69, 9.17) is 0 Å². The van der Waals surface area contributed by atoms with E-state index in [2.05, 4.69) is 5.32 Å². The minimum atomic E-state index is -0.676. The molecular formula is C8H8FNO2. The van der Waals surface area contributed by atoms with E-state index in [-0.39, 0.29) is 17.7 Å². The molecule has 2 aliphatic carbocycles. The Hall–Kier alpha value is -1.19. The molecule has 4 heteroatoms.